The standard InChI is InChI=1S/C11H26N4O/c1-3-9-15(4-2)10-8-13-7-5-6-11(12)14-16/h13,16H,3-10H2,1-2H3,(H2,12,14). The molecule has 96 valence electrons. The van der Waals surface area contributed by atoms with E-state index in [1.165, 1.54) is 13.0 Å². The van der Waals surface area contributed by atoms with E-state index >= 15 is 0 Å². The third-order valence-corrected chi connectivity index (χ3v) is 2.51. The molecule has 0 saturated carbocycles. The van der Waals surface area contributed by atoms with Crippen LogP contribution in [-0.4, -0.2) is 48.7 Å². The SMILES string of the molecule is CCCN(CC)CCNCCCC(N)=NO. The molecule has 0 atom stereocenters. The third kappa shape index (κ3) is 8.49. The number of oxime groups is 1. The number of hydrogen-bond donors (Lipinski definition) is 3. The number of nitrogens with two attached hydrogens (primary N) is 1. The lowest BCUT2D eigenvalue weighted by Crippen LogP contribution is -2.33. The highest BCUT2D eigenvalue weighted by Gasteiger charge is 1.99. The van der Waals surface area contributed by atoms with E-state index in [0.717, 1.165) is 32.6 Å². The lowest BCUT2D eigenvalue weighted by Gasteiger charge is -2.19. The van der Waals surface area contributed by atoms with Gasteiger partial charge in [-0.05, 0) is 32.5 Å². The van der Waals surface area contributed by atoms with Crippen molar-refractivity contribution in [2.45, 2.75) is 33.1 Å². The van der Waals surface area contributed by atoms with Crippen LogP contribution in [0.1, 0.15) is 33.1 Å². The molecule has 0 aliphatic carbocycles. The van der Waals surface area contributed by atoms with Gasteiger partial charge in [-0.2, -0.15) is 0 Å². The van der Waals surface area contributed by atoms with E-state index in [0.29, 0.717) is 12.3 Å². The van der Waals surface area contributed by atoms with Crippen molar-refractivity contribution < 1.29 is 5.21 Å². The Hall–Kier alpha value is -0.810. The van der Waals surface area contributed by atoms with E-state index in [4.69, 9.17) is 10.9 Å². The first-order valence-electron chi connectivity index (χ1n) is 6.14. The molecule has 0 aliphatic rings. The molecule has 0 aromatic carbocycles. The molecule has 0 fully saturated rings. The number of rotatable bonds is 10. The van der Waals surface area contributed by atoms with Gasteiger partial charge in [-0.25, -0.2) is 0 Å². The summed E-state index contributed by atoms with van der Waals surface area (Å²) in [5.41, 5.74) is 5.36. The van der Waals surface area contributed by atoms with Crippen molar-refractivity contribution in [2.24, 2.45) is 10.9 Å². The van der Waals surface area contributed by atoms with Crippen LogP contribution >= 0.6 is 0 Å². The quantitative estimate of drug-likeness (QED) is 0.171. The van der Waals surface area contributed by atoms with E-state index in [9.17, 15) is 0 Å². The van der Waals surface area contributed by atoms with Gasteiger partial charge in [-0.15, -0.1) is 0 Å². The van der Waals surface area contributed by atoms with E-state index in [2.05, 4.69) is 29.2 Å². The van der Waals surface area contributed by atoms with Crippen LogP contribution in [0.4, 0.5) is 0 Å². The van der Waals surface area contributed by atoms with Crippen molar-refractivity contribution in [1.29, 1.82) is 0 Å². The first kappa shape index (κ1) is 15.2. The van der Waals surface area contributed by atoms with E-state index < -0.39 is 0 Å². The van der Waals surface area contributed by atoms with Crippen LogP contribution in [0, 0.1) is 0 Å². The summed E-state index contributed by atoms with van der Waals surface area (Å²) < 4.78 is 0. The highest BCUT2D eigenvalue weighted by Crippen LogP contribution is 1.90. The average Bonchev–Trinajstić information content (AvgIpc) is 2.31. The fraction of sp³-hybridized carbons (Fsp3) is 0.909. The molecule has 4 N–H and O–H groups in total. The van der Waals surface area contributed by atoms with E-state index in [1.54, 1.807) is 0 Å². The Labute approximate surface area is 98.7 Å². The lowest BCUT2D eigenvalue weighted by molar-refractivity contribution is 0.288. The Morgan fingerprint density at radius 1 is 1.31 bits per heavy atom. The largest absolute Gasteiger partial charge is 0.409 e. The van der Waals surface area contributed by atoms with Crippen LogP contribution in [0.3, 0.4) is 0 Å². The minimum Gasteiger partial charge on any atom is -0.409 e. The normalized spacial score (nSPS) is 12.3. The van der Waals surface area contributed by atoms with Crippen LogP contribution in [0.2, 0.25) is 0 Å². The van der Waals surface area contributed by atoms with Gasteiger partial charge in [0.1, 0.15) is 5.84 Å². The molecular weight excluding hydrogens is 204 g/mol. The molecule has 0 amide bonds. The summed E-state index contributed by atoms with van der Waals surface area (Å²) in [5, 5.41) is 14.6. The summed E-state index contributed by atoms with van der Waals surface area (Å²) in [4.78, 5) is 2.43. The van der Waals surface area contributed by atoms with Crippen molar-refractivity contribution in [3.63, 3.8) is 0 Å². The fourth-order valence-electron chi connectivity index (χ4n) is 1.55. The van der Waals surface area contributed by atoms with Crippen LogP contribution in [0.5, 0.6) is 0 Å². The summed E-state index contributed by atoms with van der Waals surface area (Å²) in [6.45, 7) is 9.68. The Morgan fingerprint density at radius 3 is 2.62 bits per heavy atom. The smallest absolute Gasteiger partial charge is 0.139 e. The van der Waals surface area contributed by atoms with Gasteiger partial charge >= 0.3 is 0 Å². The Morgan fingerprint density at radius 2 is 2.06 bits per heavy atom. The molecule has 0 aromatic heterocycles. The molecular formula is C11H26N4O. The predicted molar refractivity (Wildman–Crippen MR) is 67.9 cm³/mol. The second kappa shape index (κ2) is 10.7. The van der Waals surface area contributed by atoms with Gasteiger partial charge in [0.2, 0.25) is 0 Å². The highest BCUT2D eigenvalue weighted by molar-refractivity contribution is 5.79. The number of likely N-dealkylation sites (N-methyl/N-ethyl adjacent to an activating group) is 1. The first-order valence-corrected chi connectivity index (χ1v) is 6.14. The highest BCUT2D eigenvalue weighted by atomic mass is 16.4. The molecule has 0 unspecified atom stereocenters. The van der Waals surface area contributed by atoms with Gasteiger partial charge in [0, 0.05) is 19.5 Å². The minimum atomic E-state index is 0.308. The fourth-order valence-corrected chi connectivity index (χ4v) is 1.55. The number of nitrogens with zero attached hydrogens (tertiary/aromatic N) is 2. The van der Waals surface area contributed by atoms with Crippen molar-refractivity contribution in [1.82, 2.24) is 10.2 Å². The van der Waals surface area contributed by atoms with Crippen molar-refractivity contribution >= 4 is 5.84 Å². The van der Waals surface area contributed by atoms with Crippen molar-refractivity contribution in [3.8, 4) is 0 Å². The topological polar surface area (TPSA) is 73.9 Å². The van der Waals surface area contributed by atoms with Gasteiger partial charge in [-0.1, -0.05) is 19.0 Å². The Bertz CT molecular complexity index is 185. The second-order valence-corrected chi connectivity index (χ2v) is 3.88. The monoisotopic (exact) mass is 230 g/mol. The number of nitrogens with one attached hydrogen (secondary N) is 1. The molecule has 5 nitrogen and oxygen atoms in total. The summed E-state index contributed by atoms with van der Waals surface area (Å²) >= 11 is 0. The second-order valence-electron chi connectivity index (χ2n) is 3.88. The molecule has 5 heteroatoms. The zero-order chi connectivity index (χ0) is 12.2. The summed E-state index contributed by atoms with van der Waals surface area (Å²) in [5.74, 6) is 0.308. The van der Waals surface area contributed by atoms with E-state index in [1.807, 2.05) is 0 Å². The predicted octanol–water partition coefficient (Wildman–Crippen LogP) is 0.835. The maximum Gasteiger partial charge on any atom is 0.139 e. The van der Waals surface area contributed by atoms with Gasteiger partial charge in [0.05, 0.1) is 0 Å². The number of amidine groups is 1. The van der Waals surface area contributed by atoms with Gasteiger partial charge in [-0.3, -0.25) is 0 Å². The molecule has 0 aliphatic heterocycles. The Balaban J connectivity index is 3.31. The maximum atomic E-state index is 8.34. The average molecular weight is 230 g/mol. The lowest BCUT2D eigenvalue weighted by atomic mass is 10.3. The van der Waals surface area contributed by atoms with Gasteiger partial charge in [0.25, 0.3) is 0 Å². The van der Waals surface area contributed by atoms with Crippen LogP contribution in [0.25, 0.3) is 0 Å². The summed E-state index contributed by atoms with van der Waals surface area (Å²) in [7, 11) is 0. The summed E-state index contributed by atoms with van der Waals surface area (Å²) in [6, 6.07) is 0. The van der Waals surface area contributed by atoms with Crippen molar-refractivity contribution in [2.75, 3.05) is 32.7 Å². The molecule has 0 saturated heterocycles. The molecule has 16 heavy (non-hydrogen) atoms. The molecule has 0 rings (SSSR count). The zero-order valence-corrected chi connectivity index (χ0v) is 10.6. The molecule has 0 radical (unpaired) electrons. The molecule has 0 aromatic rings. The molecule has 0 spiro atoms. The van der Waals surface area contributed by atoms with Crippen LogP contribution in [0.15, 0.2) is 5.16 Å². The van der Waals surface area contributed by atoms with Crippen LogP contribution < -0.4 is 11.1 Å². The first-order chi connectivity index (χ1) is 7.74. The minimum absolute atomic E-state index is 0.308. The van der Waals surface area contributed by atoms with E-state index in [-0.39, 0.29) is 0 Å². The Kier molecular flexibility index (Phi) is 10.2. The van der Waals surface area contributed by atoms with Gasteiger partial charge < -0.3 is 21.2 Å². The zero-order valence-electron chi connectivity index (χ0n) is 10.6. The molecule has 0 bridgehead atoms. The van der Waals surface area contributed by atoms with Gasteiger partial charge in [0.15, 0.2) is 0 Å². The maximum absolute atomic E-state index is 8.34. The van der Waals surface area contributed by atoms with Crippen molar-refractivity contribution in [3.05, 3.63) is 0 Å². The van der Waals surface area contributed by atoms with Crippen LogP contribution in [-0.2, 0) is 0 Å². The third-order valence-electron chi connectivity index (χ3n) is 2.51. The number of hydrogen-bond acceptors (Lipinski definition) is 4. The molecule has 0 heterocycles. The summed E-state index contributed by atoms with van der Waals surface area (Å²) in [6.07, 6.45) is 2.77.